The lowest BCUT2D eigenvalue weighted by Gasteiger charge is -2.23. The van der Waals surface area contributed by atoms with Gasteiger partial charge in [-0.1, -0.05) is 12.1 Å². The Morgan fingerprint density at radius 1 is 1.24 bits per heavy atom. The first-order valence-electron chi connectivity index (χ1n) is 8.97. The molecule has 1 saturated heterocycles. The Bertz CT molecular complexity index is 945. The molecular weight excluding hydrogens is 378 g/mol. The Labute approximate surface area is 167 Å². The van der Waals surface area contributed by atoms with Crippen molar-refractivity contribution in [1.29, 1.82) is 0 Å². The van der Waals surface area contributed by atoms with Crippen molar-refractivity contribution >= 4 is 17.6 Å². The van der Waals surface area contributed by atoms with E-state index in [1.54, 1.807) is 6.07 Å². The zero-order valence-electron chi connectivity index (χ0n) is 16.0. The molecule has 0 aliphatic carbocycles. The second-order valence-electron chi connectivity index (χ2n) is 7.06. The zero-order chi connectivity index (χ0) is 21.2. The number of benzene rings is 2. The van der Waals surface area contributed by atoms with E-state index in [-0.39, 0.29) is 18.8 Å². The van der Waals surface area contributed by atoms with E-state index in [2.05, 4.69) is 5.32 Å². The molecule has 0 unspecified atom stereocenters. The maximum Gasteiger partial charge on any atom is 0.325 e. The van der Waals surface area contributed by atoms with Crippen LogP contribution in [0.1, 0.15) is 18.1 Å². The maximum absolute atomic E-state index is 12.9. The molecule has 9 nitrogen and oxygen atoms in total. The summed E-state index contributed by atoms with van der Waals surface area (Å²) in [5, 5.41) is 23.6. The van der Waals surface area contributed by atoms with Gasteiger partial charge >= 0.3 is 6.03 Å². The standard InChI is InChI=1S/C20H21N3O6/c1-13-4-3-5-17(10-13)29-12-16(24)11-22-18(25)20(2,21-19(22)26)14-6-8-15(9-7-14)23(27)28/h3-10,16,24H,11-12H2,1-2H3,(H,21,26)/t16-,20-/m0/s1. The summed E-state index contributed by atoms with van der Waals surface area (Å²) < 4.78 is 5.52. The number of nitro groups is 1. The highest BCUT2D eigenvalue weighted by molar-refractivity contribution is 6.07. The number of nitrogens with one attached hydrogen (secondary N) is 1. The van der Waals surface area contributed by atoms with E-state index < -0.39 is 28.5 Å². The van der Waals surface area contributed by atoms with Crippen LogP contribution in [0.3, 0.4) is 0 Å². The van der Waals surface area contributed by atoms with Crippen LogP contribution in [0.25, 0.3) is 0 Å². The number of β-amino-alcohol motifs (C(OH)–C–C–N with tert-alkyl or cyclic N) is 1. The molecule has 2 aromatic rings. The van der Waals surface area contributed by atoms with Crippen molar-refractivity contribution in [3.05, 3.63) is 69.8 Å². The summed E-state index contributed by atoms with van der Waals surface area (Å²) in [7, 11) is 0. The molecule has 2 atom stereocenters. The highest BCUT2D eigenvalue weighted by atomic mass is 16.6. The van der Waals surface area contributed by atoms with Crippen molar-refractivity contribution in [2.45, 2.75) is 25.5 Å². The number of amides is 3. The fraction of sp³-hybridized carbons (Fsp3) is 0.300. The molecule has 0 aromatic heterocycles. The van der Waals surface area contributed by atoms with Gasteiger partial charge in [-0.15, -0.1) is 0 Å². The van der Waals surface area contributed by atoms with Gasteiger partial charge in [0.05, 0.1) is 11.5 Å². The molecule has 1 heterocycles. The molecule has 0 saturated carbocycles. The van der Waals surface area contributed by atoms with Crippen molar-refractivity contribution in [1.82, 2.24) is 10.2 Å². The maximum atomic E-state index is 12.9. The molecule has 3 rings (SSSR count). The van der Waals surface area contributed by atoms with E-state index in [1.807, 2.05) is 25.1 Å². The van der Waals surface area contributed by atoms with Crippen molar-refractivity contribution in [2.75, 3.05) is 13.2 Å². The van der Waals surface area contributed by atoms with Crippen molar-refractivity contribution in [3.8, 4) is 5.75 Å². The Balaban J connectivity index is 1.67. The topological polar surface area (TPSA) is 122 Å². The molecule has 1 aliphatic heterocycles. The highest BCUT2D eigenvalue weighted by Gasteiger charge is 2.49. The van der Waals surface area contributed by atoms with Gasteiger partial charge in [-0.25, -0.2) is 4.79 Å². The molecular formula is C20H21N3O6. The number of aliphatic hydroxyl groups excluding tert-OH is 1. The number of aliphatic hydroxyl groups is 1. The molecule has 0 radical (unpaired) electrons. The van der Waals surface area contributed by atoms with Gasteiger partial charge in [0.2, 0.25) is 0 Å². The SMILES string of the molecule is Cc1cccc(OC[C@@H](O)CN2C(=O)N[C@@](C)(c3ccc([N+](=O)[O-])cc3)C2=O)c1. The van der Waals surface area contributed by atoms with Crippen LogP contribution in [-0.2, 0) is 10.3 Å². The van der Waals surface area contributed by atoms with Gasteiger partial charge in [0.1, 0.15) is 24.0 Å². The smallest absolute Gasteiger partial charge is 0.325 e. The molecule has 2 N–H and O–H groups in total. The third kappa shape index (κ3) is 4.19. The minimum atomic E-state index is -1.37. The fourth-order valence-electron chi connectivity index (χ4n) is 3.14. The molecule has 3 amide bonds. The number of rotatable bonds is 7. The van der Waals surface area contributed by atoms with E-state index in [0.717, 1.165) is 10.5 Å². The van der Waals surface area contributed by atoms with Crippen molar-refractivity contribution in [3.63, 3.8) is 0 Å². The highest BCUT2D eigenvalue weighted by Crippen LogP contribution is 2.30. The molecule has 0 spiro atoms. The molecule has 9 heteroatoms. The molecule has 0 bridgehead atoms. The lowest BCUT2D eigenvalue weighted by molar-refractivity contribution is -0.384. The van der Waals surface area contributed by atoms with E-state index >= 15 is 0 Å². The van der Waals surface area contributed by atoms with E-state index in [0.29, 0.717) is 11.3 Å². The number of imide groups is 1. The lowest BCUT2D eigenvalue weighted by Crippen LogP contribution is -2.42. The number of nitrogens with zero attached hydrogens (tertiary/aromatic N) is 2. The van der Waals surface area contributed by atoms with Crippen LogP contribution < -0.4 is 10.1 Å². The van der Waals surface area contributed by atoms with Crippen molar-refractivity contribution < 1.29 is 24.4 Å². The van der Waals surface area contributed by atoms with Gasteiger partial charge in [0, 0.05) is 12.1 Å². The van der Waals surface area contributed by atoms with Gasteiger partial charge in [-0.05, 0) is 49.2 Å². The summed E-state index contributed by atoms with van der Waals surface area (Å²) in [4.78, 5) is 36.4. The van der Waals surface area contributed by atoms with Gasteiger partial charge in [-0.2, -0.15) is 0 Å². The number of hydrogen-bond donors (Lipinski definition) is 2. The van der Waals surface area contributed by atoms with Crippen LogP contribution in [0.2, 0.25) is 0 Å². The summed E-state index contributed by atoms with van der Waals surface area (Å²) >= 11 is 0. The zero-order valence-corrected chi connectivity index (χ0v) is 16.0. The Hall–Kier alpha value is -3.46. The molecule has 1 aliphatic rings. The first-order chi connectivity index (χ1) is 13.7. The van der Waals surface area contributed by atoms with Crippen LogP contribution in [0.5, 0.6) is 5.75 Å². The summed E-state index contributed by atoms with van der Waals surface area (Å²) in [6, 6.07) is 12.0. The fourth-order valence-corrected chi connectivity index (χ4v) is 3.14. The third-order valence-corrected chi connectivity index (χ3v) is 4.76. The largest absolute Gasteiger partial charge is 0.491 e. The monoisotopic (exact) mass is 399 g/mol. The predicted octanol–water partition coefficient (Wildman–Crippen LogP) is 2.11. The summed E-state index contributed by atoms with van der Waals surface area (Å²) in [5.74, 6) is 0.0305. The number of nitro benzene ring substituents is 1. The van der Waals surface area contributed by atoms with Crippen LogP contribution in [0, 0.1) is 17.0 Å². The number of non-ortho nitro benzene ring substituents is 1. The minimum Gasteiger partial charge on any atom is -0.491 e. The number of ether oxygens (including phenoxy) is 1. The summed E-state index contributed by atoms with van der Waals surface area (Å²) in [6.45, 7) is 3.10. The third-order valence-electron chi connectivity index (χ3n) is 4.76. The first-order valence-corrected chi connectivity index (χ1v) is 8.97. The van der Waals surface area contributed by atoms with E-state index in [1.165, 1.54) is 31.2 Å². The van der Waals surface area contributed by atoms with Crippen LogP contribution in [0.15, 0.2) is 48.5 Å². The summed E-state index contributed by atoms with van der Waals surface area (Å²) in [5.41, 5.74) is -0.0716. The normalized spacial score (nSPS) is 19.8. The van der Waals surface area contributed by atoms with Gasteiger partial charge in [0.15, 0.2) is 0 Å². The van der Waals surface area contributed by atoms with Gasteiger partial charge in [0.25, 0.3) is 11.6 Å². The number of aryl methyl sites for hydroxylation is 1. The Morgan fingerprint density at radius 2 is 1.93 bits per heavy atom. The Kier molecular flexibility index (Phi) is 5.51. The Morgan fingerprint density at radius 3 is 2.55 bits per heavy atom. The molecule has 29 heavy (non-hydrogen) atoms. The summed E-state index contributed by atoms with van der Waals surface area (Å²) in [6.07, 6.45) is -1.08. The predicted molar refractivity (Wildman–Crippen MR) is 103 cm³/mol. The number of urea groups is 1. The van der Waals surface area contributed by atoms with Crippen molar-refractivity contribution in [2.24, 2.45) is 0 Å². The van der Waals surface area contributed by atoms with Crippen LogP contribution >= 0.6 is 0 Å². The van der Waals surface area contributed by atoms with E-state index in [4.69, 9.17) is 4.74 Å². The average Bonchev–Trinajstić information content (AvgIpc) is 2.90. The molecule has 152 valence electrons. The van der Waals surface area contributed by atoms with Crippen LogP contribution in [-0.4, -0.2) is 46.1 Å². The molecule has 1 fully saturated rings. The average molecular weight is 399 g/mol. The number of carbonyl (C=O) groups is 2. The number of hydrogen-bond acceptors (Lipinski definition) is 6. The minimum absolute atomic E-state index is 0.0885. The first kappa shape index (κ1) is 20.3. The lowest BCUT2D eigenvalue weighted by atomic mass is 9.92. The van der Waals surface area contributed by atoms with Gasteiger partial charge < -0.3 is 15.2 Å². The van der Waals surface area contributed by atoms with E-state index in [9.17, 15) is 24.8 Å². The van der Waals surface area contributed by atoms with Gasteiger partial charge in [-0.3, -0.25) is 19.8 Å². The molecule has 2 aromatic carbocycles. The second kappa shape index (κ2) is 7.88. The van der Waals surface area contributed by atoms with Crippen LogP contribution in [0.4, 0.5) is 10.5 Å². The quantitative estimate of drug-likeness (QED) is 0.418. The number of carbonyl (C=O) groups excluding carboxylic acids is 2. The second-order valence-corrected chi connectivity index (χ2v) is 7.06.